The van der Waals surface area contributed by atoms with Crippen LogP contribution in [0.2, 0.25) is 0 Å². The number of aliphatic imine (C=N–C) groups is 2. The van der Waals surface area contributed by atoms with Gasteiger partial charge in [0, 0.05) is 33.4 Å². The van der Waals surface area contributed by atoms with E-state index >= 15 is 0 Å². The summed E-state index contributed by atoms with van der Waals surface area (Å²) in [5.41, 5.74) is 11.7. The lowest BCUT2D eigenvalue weighted by atomic mass is 9.77. The summed E-state index contributed by atoms with van der Waals surface area (Å²) >= 11 is 0. The van der Waals surface area contributed by atoms with E-state index < -0.39 is 0 Å². The summed E-state index contributed by atoms with van der Waals surface area (Å²) in [4.78, 5) is 25.6. The summed E-state index contributed by atoms with van der Waals surface area (Å²) in [6, 6.07) is 68.1. The van der Waals surface area contributed by atoms with E-state index in [1.54, 1.807) is 0 Å². The van der Waals surface area contributed by atoms with Crippen molar-refractivity contribution in [3.63, 3.8) is 0 Å². The molecule has 0 aliphatic heterocycles. The first kappa shape index (κ1) is 44.4. The summed E-state index contributed by atoms with van der Waals surface area (Å²) in [6.07, 6.45) is 5.17. The van der Waals surface area contributed by atoms with Gasteiger partial charge in [0.15, 0.2) is 23.3 Å². The maximum atomic E-state index is 5.20. The third-order valence-corrected chi connectivity index (χ3v) is 13.3. The molecule has 5 nitrogen and oxygen atoms in total. The normalized spacial score (nSPS) is 12.4. The molecule has 1 aromatic heterocycles. The Morgan fingerprint density at radius 3 is 1.48 bits per heavy atom. The summed E-state index contributed by atoms with van der Waals surface area (Å²) in [7, 11) is 0. The van der Waals surface area contributed by atoms with Crippen LogP contribution in [0.4, 0.5) is 0 Å². The van der Waals surface area contributed by atoms with Crippen molar-refractivity contribution in [2.24, 2.45) is 9.98 Å². The largest absolute Gasteiger partial charge is 0.233 e. The van der Waals surface area contributed by atoms with Gasteiger partial charge in [-0.05, 0) is 110 Å². The van der Waals surface area contributed by atoms with Crippen molar-refractivity contribution in [2.75, 3.05) is 0 Å². The van der Waals surface area contributed by atoms with Crippen molar-refractivity contribution in [1.29, 1.82) is 0 Å². The molecule has 0 aliphatic rings. The van der Waals surface area contributed by atoms with Crippen LogP contribution in [0.3, 0.4) is 0 Å². The van der Waals surface area contributed by atoms with Gasteiger partial charge < -0.3 is 0 Å². The molecule has 0 saturated carbocycles. The van der Waals surface area contributed by atoms with Crippen LogP contribution in [-0.4, -0.2) is 26.5 Å². The van der Waals surface area contributed by atoms with E-state index in [-0.39, 0.29) is 5.41 Å². The third kappa shape index (κ3) is 9.32. The second kappa shape index (κ2) is 19.1. The van der Waals surface area contributed by atoms with Crippen LogP contribution in [-0.2, 0) is 11.8 Å². The molecule has 0 amide bonds. The van der Waals surface area contributed by atoms with Gasteiger partial charge in [0.25, 0.3) is 0 Å². The molecule has 10 rings (SSSR count). The van der Waals surface area contributed by atoms with E-state index in [0.29, 0.717) is 29.0 Å². The van der Waals surface area contributed by atoms with Gasteiger partial charge in [0.2, 0.25) is 0 Å². The number of rotatable bonds is 11. The molecule has 5 heteroatoms. The number of nitrogens with zero attached hydrogens (tertiary/aromatic N) is 5. The maximum Gasteiger partial charge on any atom is 0.164 e. The Morgan fingerprint density at radius 1 is 0.493 bits per heavy atom. The highest BCUT2D eigenvalue weighted by molar-refractivity contribution is 6.13. The van der Waals surface area contributed by atoms with Gasteiger partial charge >= 0.3 is 0 Å². The van der Waals surface area contributed by atoms with Crippen LogP contribution in [0.15, 0.2) is 217 Å². The summed E-state index contributed by atoms with van der Waals surface area (Å²) in [6.45, 7) is 15.3. The van der Waals surface area contributed by atoms with E-state index in [9.17, 15) is 0 Å². The second-order valence-electron chi connectivity index (χ2n) is 18.1. The molecule has 0 bridgehead atoms. The van der Waals surface area contributed by atoms with Crippen molar-refractivity contribution < 1.29 is 0 Å². The fourth-order valence-corrected chi connectivity index (χ4v) is 9.08. The lowest BCUT2D eigenvalue weighted by molar-refractivity contribution is 0.641. The van der Waals surface area contributed by atoms with Crippen LogP contribution in [0.1, 0.15) is 73.6 Å². The van der Waals surface area contributed by atoms with E-state index in [2.05, 4.69) is 241 Å². The highest BCUT2D eigenvalue weighted by Gasteiger charge is 2.24. The van der Waals surface area contributed by atoms with Crippen molar-refractivity contribution in [3.8, 4) is 34.2 Å². The van der Waals surface area contributed by atoms with Gasteiger partial charge in [0.05, 0.1) is 5.70 Å². The SMILES string of the molecule is C=C(N=C(N=C(C)c1ccc2ccccc2c1)c1ccc(CC)c(/C=C\C)c1)c1ccc(C(C)(C)c2ccc(-c3nc(-c4ccc5ccccc5c4)nc(-c4ccc5ccccc5c4)n3)cc2)cc1. The number of amidine groups is 1. The number of aryl methyl sites for hydroxylation is 1. The number of hydrogen-bond donors (Lipinski definition) is 0. The average molecular weight is 892 g/mol. The molecular formula is C64H53N5. The Bertz CT molecular complexity index is 3550. The molecular weight excluding hydrogens is 839 g/mol. The van der Waals surface area contributed by atoms with Crippen molar-refractivity contribution in [3.05, 3.63) is 246 Å². The summed E-state index contributed by atoms with van der Waals surface area (Å²) in [5.74, 6) is 2.52. The monoisotopic (exact) mass is 891 g/mol. The van der Waals surface area contributed by atoms with Gasteiger partial charge in [-0.15, -0.1) is 0 Å². The van der Waals surface area contributed by atoms with E-state index in [0.717, 1.165) is 56.3 Å². The van der Waals surface area contributed by atoms with Gasteiger partial charge in [-0.1, -0.05) is 209 Å². The molecule has 334 valence electrons. The van der Waals surface area contributed by atoms with E-state index in [4.69, 9.17) is 24.9 Å². The Labute approximate surface area is 405 Å². The lowest BCUT2D eigenvalue weighted by Gasteiger charge is -2.26. The zero-order chi connectivity index (χ0) is 47.5. The maximum absolute atomic E-state index is 5.20. The van der Waals surface area contributed by atoms with Gasteiger partial charge in [-0.25, -0.2) is 24.9 Å². The number of fused-ring (bicyclic) bond motifs is 3. The third-order valence-electron chi connectivity index (χ3n) is 13.3. The molecule has 69 heavy (non-hydrogen) atoms. The standard InChI is InChI=1S/C64H53N5/c1-7-15-51-39-55(27-22-44(51)8-2)61(66-43(4)50-26-23-46-16-9-12-19-52(46)38-50)65-42(3)45-30-34-58(35-31-45)64(5,6)59-36-32-49(33-37-59)60-67-62(56-28-24-47-17-10-13-20-53(47)40-56)69-63(68-60)57-29-25-48-18-11-14-21-54(48)41-57/h7,9-41H,3,8H2,1-2,4-6H3/b15-7-,65-61?,66-43?. The molecule has 0 aliphatic carbocycles. The fraction of sp³-hybridized carbons (Fsp3) is 0.109. The van der Waals surface area contributed by atoms with Gasteiger partial charge in [-0.3, -0.25) is 0 Å². The second-order valence-corrected chi connectivity index (χ2v) is 18.1. The molecule has 0 atom stereocenters. The number of hydrogen-bond acceptors (Lipinski definition) is 4. The smallest absolute Gasteiger partial charge is 0.164 e. The molecule has 9 aromatic carbocycles. The first-order valence-corrected chi connectivity index (χ1v) is 23.7. The van der Waals surface area contributed by atoms with Crippen molar-refractivity contribution in [1.82, 2.24) is 15.0 Å². The zero-order valence-electron chi connectivity index (χ0n) is 39.8. The minimum atomic E-state index is -0.316. The van der Waals surface area contributed by atoms with Crippen molar-refractivity contribution >= 4 is 55.6 Å². The molecule has 1 heterocycles. The molecule has 0 spiro atoms. The van der Waals surface area contributed by atoms with Crippen LogP contribution in [0.5, 0.6) is 0 Å². The van der Waals surface area contributed by atoms with Crippen molar-refractivity contribution in [2.45, 2.75) is 46.5 Å². The predicted molar refractivity (Wildman–Crippen MR) is 292 cm³/mol. The number of allylic oxidation sites excluding steroid dienone is 1. The Hall–Kier alpha value is -8.41. The topological polar surface area (TPSA) is 63.4 Å². The highest BCUT2D eigenvalue weighted by atomic mass is 15.0. The first-order chi connectivity index (χ1) is 33.6. The van der Waals surface area contributed by atoms with E-state index in [1.165, 1.54) is 43.8 Å². The number of benzene rings is 9. The predicted octanol–water partition coefficient (Wildman–Crippen LogP) is 16.2. The lowest BCUT2D eigenvalue weighted by Crippen LogP contribution is -2.18. The van der Waals surface area contributed by atoms with Gasteiger partial charge in [-0.2, -0.15) is 0 Å². The van der Waals surface area contributed by atoms with Crippen LogP contribution < -0.4 is 0 Å². The number of aromatic nitrogens is 3. The molecule has 0 saturated heterocycles. The van der Waals surface area contributed by atoms with Gasteiger partial charge in [0.1, 0.15) is 0 Å². The summed E-state index contributed by atoms with van der Waals surface area (Å²) in [5, 5.41) is 7.00. The molecule has 0 fully saturated rings. The molecule has 0 N–H and O–H groups in total. The molecule has 10 aromatic rings. The van der Waals surface area contributed by atoms with Crippen LogP contribution >= 0.6 is 0 Å². The Morgan fingerprint density at radius 2 is 0.942 bits per heavy atom. The molecule has 0 unspecified atom stereocenters. The highest BCUT2D eigenvalue weighted by Crippen LogP contribution is 2.35. The van der Waals surface area contributed by atoms with Crippen LogP contribution in [0, 0.1) is 0 Å². The minimum absolute atomic E-state index is 0.316. The fourth-order valence-electron chi connectivity index (χ4n) is 9.08. The summed E-state index contributed by atoms with van der Waals surface area (Å²) < 4.78 is 0. The molecule has 0 radical (unpaired) electrons. The van der Waals surface area contributed by atoms with E-state index in [1.807, 2.05) is 6.92 Å². The zero-order valence-corrected chi connectivity index (χ0v) is 39.8. The Kier molecular flexibility index (Phi) is 12.3. The average Bonchev–Trinajstić information content (AvgIpc) is 3.40. The minimum Gasteiger partial charge on any atom is -0.233 e. The van der Waals surface area contributed by atoms with Crippen LogP contribution in [0.25, 0.3) is 78.3 Å². The quantitative estimate of drug-likeness (QED) is 0.0960. The first-order valence-electron chi connectivity index (χ1n) is 23.7. The Balaban J connectivity index is 0.952.